The van der Waals surface area contributed by atoms with Crippen LogP contribution in [0.4, 0.5) is 0 Å². The Morgan fingerprint density at radius 1 is 1.46 bits per heavy atom. The van der Waals surface area contributed by atoms with Crippen LogP contribution in [0.1, 0.15) is 12.1 Å². The zero-order chi connectivity index (χ0) is 9.52. The molecule has 1 rings (SSSR count). The number of nitrogens with zero attached hydrogens (tertiary/aromatic N) is 2. The maximum atomic E-state index is 4.07. The number of nitrogens with one attached hydrogen (secondary N) is 1. The Bertz CT molecular complexity index is 310. The summed E-state index contributed by atoms with van der Waals surface area (Å²) in [7, 11) is 1.90. The Balaban J connectivity index is 2.52. The molecule has 13 heavy (non-hydrogen) atoms. The summed E-state index contributed by atoms with van der Waals surface area (Å²) in [5.41, 5.74) is 0.708. The summed E-state index contributed by atoms with van der Waals surface area (Å²) in [6, 6.07) is 0. The molecule has 4 heteroatoms. The molecule has 0 amide bonds. The van der Waals surface area contributed by atoms with Gasteiger partial charge in [0.15, 0.2) is 0 Å². The highest BCUT2D eigenvalue weighted by Gasteiger charge is 1.88. The zero-order valence-electron chi connectivity index (χ0n) is 7.34. The number of hydrogen-bond acceptors (Lipinski definition) is 3. The van der Waals surface area contributed by atoms with Gasteiger partial charge in [-0.2, -0.15) is 0 Å². The average molecular weight is 240 g/mol. The van der Waals surface area contributed by atoms with Crippen molar-refractivity contribution < 1.29 is 0 Å². The standard InChI is InChI=1S/C9H10BrN3/c1-11-5-3-2-4-8-6-13-9(10)7-12-8/h6-7,11H,3,5H2,1H3. The van der Waals surface area contributed by atoms with Crippen molar-refractivity contribution in [2.45, 2.75) is 6.42 Å². The van der Waals surface area contributed by atoms with Gasteiger partial charge < -0.3 is 5.32 Å². The molecule has 3 nitrogen and oxygen atoms in total. The van der Waals surface area contributed by atoms with E-state index in [1.165, 1.54) is 0 Å². The number of rotatable bonds is 2. The van der Waals surface area contributed by atoms with Crippen molar-refractivity contribution in [2.24, 2.45) is 0 Å². The summed E-state index contributed by atoms with van der Waals surface area (Å²) in [5, 5.41) is 3.02. The van der Waals surface area contributed by atoms with Crippen LogP contribution in [0.25, 0.3) is 0 Å². The minimum atomic E-state index is 0.708. The Hall–Kier alpha value is -0.920. The summed E-state index contributed by atoms with van der Waals surface area (Å²) in [5.74, 6) is 5.91. The molecule has 0 unspecified atom stereocenters. The first-order chi connectivity index (χ1) is 6.33. The SMILES string of the molecule is CNCCC#Cc1cnc(Br)cn1. The van der Waals surface area contributed by atoms with Gasteiger partial charge in [0.25, 0.3) is 0 Å². The van der Waals surface area contributed by atoms with Gasteiger partial charge in [0.05, 0.1) is 12.4 Å². The highest BCUT2D eigenvalue weighted by Crippen LogP contribution is 2.01. The third-order valence-corrected chi connectivity index (χ3v) is 1.75. The lowest BCUT2D eigenvalue weighted by atomic mass is 10.4. The van der Waals surface area contributed by atoms with E-state index in [-0.39, 0.29) is 0 Å². The Kier molecular flexibility index (Phi) is 4.44. The van der Waals surface area contributed by atoms with Crippen LogP contribution >= 0.6 is 15.9 Å². The van der Waals surface area contributed by atoms with Crippen molar-refractivity contribution >= 4 is 15.9 Å². The van der Waals surface area contributed by atoms with E-state index in [9.17, 15) is 0 Å². The van der Waals surface area contributed by atoms with Gasteiger partial charge in [-0.3, -0.25) is 0 Å². The fourth-order valence-corrected chi connectivity index (χ4v) is 0.922. The molecule has 0 aliphatic heterocycles. The highest BCUT2D eigenvalue weighted by atomic mass is 79.9. The summed E-state index contributed by atoms with van der Waals surface area (Å²) in [4.78, 5) is 8.09. The van der Waals surface area contributed by atoms with Gasteiger partial charge in [-0.05, 0) is 28.9 Å². The Morgan fingerprint density at radius 3 is 2.92 bits per heavy atom. The van der Waals surface area contributed by atoms with Gasteiger partial charge in [0.2, 0.25) is 0 Å². The largest absolute Gasteiger partial charge is 0.319 e. The first kappa shape index (κ1) is 10.2. The van der Waals surface area contributed by atoms with Crippen molar-refractivity contribution in [2.75, 3.05) is 13.6 Å². The summed E-state index contributed by atoms with van der Waals surface area (Å²) >= 11 is 3.21. The Labute approximate surface area is 86.1 Å². The topological polar surface area (TPSA) is 37.8 Å². The molecule has 0 saturated carbocycles. The molecular formula is C9H10BrN3. The minimum Gasteiger partial charge on any atom is -0.319 e. The van der Waals surface area contributed by atoms with Gasteiger partial charge >= 0.3 is 0 Å². The lowest BCUT2D eigenvalue weighted by molar-refractivity contribution is 0.818. The lowest BCUT2D eigenvalue weighted by Crippen LogP contribution is -2.05. The molecule has 0 aliphatic carbocycles. The normalized spacial score (nSPS) is 9.08. The van der Waals surface area contributed by atoms with Crippen molar-refractivity contribution in [3.8, 4) is 11.8 Å². The molecule has 1 aromatic rings. The molecule has 1 aromatic heterocycles. The fourth-order valence-electron chi connectivity index (χ4n) is 0.717. The highest BCUT2D eigenvalue weighted by molar-refractivity contribution is 9.10. The molecule has 0 bridgehead atoms. The van der Waals surface area contributed by atoms with Crippen molar-refractivity contribution in [3.05, 3.63) is 22.7 Å². The van der Waals surface area contributed by atoms with Crippen LogP contribution in [0.15, 0.2) is 17.0 Å². The van der Waals surface area contributed by atoms with E-state index in [4.69, 9.17) is 0 Å². The van der Waals surface area contributed by atoms with Gasteiger partial charge in [-0.1, -0.05) is 5.92 Å². The number of aromatic nitrogens is 2. The summed E-state index contributed by atoms with van der Waals surface area (Å²) in [6.45, 7) is 0.900. The quantitative estimate of drug-likeness (QED) is 0.623. The molecule has 1 N–H and O–H groups in total. The van der Waals surface area contributed by atoms with E-state index >= 15 is 0 Å². The smallest absolute Gasteiger partial charge is 0.131 e. The maximum Gasteiger partial charge on any atom is 0.131 e. The van der Waals surface area contributed by atoms with Crippen LogP contribution in [0.2, 0.25) is 0 Å². The van der Waals surface area contributed by atoms with Crippen LogP contribution in [0.5, 0.6) is 0 Å². The molecule has 0 spiro atoms. The van der Waals surface area contributed by atoms with Crippen LogP contribution in [0, 0.1) is 11.8 Å². The first-order valence-electron chi connectivity index (χ1n) is 3.94. The second kappa shape index (κ2) is 5.68. The molecule has 68 valence electrons. The molecular weight excluding hydrogens is 230 g/mol. The van der Waals surface area contributed by atoms with Gasteiger partial charge in [0, 0.05) is 13.0 Å². The molecule has 0 radical (unpaired) electrons. The van der Waals surface area contributed by atoms with Crippen LogP contribution in [-0.4, -0.2) is 23.6 Å². The second-order valence-electron chi connectivity index (χ2n) is 2.38. The fraction of sp³-hybridized carbons (Fsp3) is 0.333. The van der Waals surface area contributed by atoms with Gasteiger partial charge in [-0.25, -0.2) is 9.97 Å². The van der Waals surface area contributed by atoms with Gasteiger partial charge in [0.1, 0.15) is 10.3 Å². The molecule has 1 heterocycles. The minimum absolute atomic E-state index is 0.708. The van der Waals surface area contributed by atoms with Gasteiger partial charge in [-0.15, -0.1) is 0 Å². The molecule has 0 atom stereocenters. The monoisotopic (exact) mass is 239 g/mol. The van der Waals surface area contributed by atoms with E-state index in [2.05, 4.69) is 43.1 Å². The number of halogens is 1. The van der Waals surface area contributed by atoms with E-state index in [0.717, 1.165) is 17.6 Å². The van der Waals surface area contributed by atoms with Crippen LogP contribution < -0.4 is 5.32 Å². The van der Waals surface area contributed by atoms with E-state index < -0.39 is 0 Å². The van der Waals surface area contributed by atoms with Crippen molar-refractivity contribution in [1.29, 1.82) is 0 Å². The molecule has 0 saturated heterocycles. The first-order valence-corrected chi connectivity index (χ1v) is 4.73. The maximum absolute atomic E-state index is 4.07. The Morgan fingerprint density at radius 2 is 2.31 bits per heavy atom. The third kappa shape index (κ3) is 4.02. The molecule has 0 aliphatic rings. The predicted molar refractivity (Wildman–Crippen MR) is 55.2 cm³/mol. The van der Waals surface area contributed by atoms with E-state index in [0.29, 0.717) is 5.69 Å². The van der Waals surface area contributed by atoms with E-state index in [1.807, 2.05) is 7.05 Å². The van der Waals surface area contributed by atoms with Crippen LogP contribution in [0.3, 0.4) is 0 Å². The van der Waals surface area contributed by atoms with Crippen LogP contribution in [-0.2, 0) is 0 Å². The van der Waals surface area contributed by atoms with E-state index in [1.54, 1.807) is 12.4 Å². The third-order valence-electron chi connectivity index (χ3n) is 1.34. The lowest BCUT2D eigenvalue weighted by Gasteiger charge is -1.89. The summed E-state index contributed by atoms with van der Waals surface area (Å²) in [6.07, 6.45) is 4.12. The van der Waals surface area contributed by atoms with Crippen molar-refractivity contribution in [3.63, 3.8) is 0 Å². The molecule has 0 fully saturated rings. The second-order valence-corrected chi connectivity index (χ2v) is 3.19. The predicted octanol–water partition coefficient (Wildman–Crippen LogP) is 1.20. The summed E-state index contributed by atoms with van der Waals surface area (Å²) < 4.78 is 0.730. The molecule has 0 aromatic carbocycles. The zero-order valence-corrected chi connectivity index (χ0v) is 8.93. The number of hydrogen-bond donors (Lipinski definition) is 1. The average Bonchev–Trinajstić information content (AvgIpc) is 2.15. The van der Waals surface area contributed by atoms with Crippen molar-refractivity contribution in [1.82, 2.24) is 15.3 Å².